The van der Waals surface area contributed by atoms with Crippen molar-refractivity contribution in [1.82, 2.24) is 4.90 Å². The predicted molar refractivity (Wildman–Crippen MR) is 78.7 cm³/mol. The quantitative estimate of drug-likeness (QED) is 0.822. The van der Waals surface area contributed by atoms with E-state index >= 15 is 0 Å². The summed E-state index contributed by atoms with van der Waals surface area (Å²) in [6.07, 6.45) is 0. The highest BCUT2D eigenvalue weighted by Crippen LogP contribution is 2.26. The molecule has 5 heteroatoms. The Morgan fingerprint density at radius 2 is 1.85 bits per heavy atom. The van der Waals surface area contributed by atoms with Crippen LogP contribution in [0.3, 0.4) is 0 Å². The van der Waals surface area contributed by atoms with Crippen molar-refractivity contribution < 1.29 is 9.18 Å². The zero-order chi connectivity index (χ0) is 14.7. The van der Waals surface area contributed by atoms with Crippen LogP contribution in [0.15, 0.2) is 42.5 Å². The average Bonchev–Trinajstić information content (AvgIpc) is 2.43. The van der Waals surface area contributed by atoms with Crippen LogP contribution in [0, 0.1) is 5.82 Å². The molecule has 2 aromatic carbocycles. The SMILES string of the molecule is CN(Cc1ccccc1F)C(=O)c1cccc(Cl)c1Cl. The van der Waals surface area contributed by atoms with Gasteiger partial charge in [-0.05, 0) is 18.2 Å². The lowest BCUT2D eigenvalue weighted by atomic mass is 10.1. The van der Waals surface area contributed by atoms with Gasteiger partial charge in [0.25, 0.3) is 5.91 Å². The van der Waals surface area contributed by atoms with Crippen molar-refractivity contribution in [2.24, 2.45) is 0 Å². The highest BCUT2D eigenvalue weighted by molar-refractivity contribution is 6.43. The summed E-state index contributed by atoms with van der Waals surface area (Å²) in [7, 11) is 1.59. The molecular weight excluding hydrogens is 300 g/mol. The van der Waals surface area contributed by atoms with E-state index < -0.39 is 0 Å². The molecular formula is C15H12Cl2FNO. The smallest absolute Gasteiger partial charge is 0.255 e. The summed E-state index contributed by atoms with van der Waals surface area (Å²) in [6, 6.07) is 11.2. The number of rotatable bonds is 3. The first kappa shape index (κ1) is 14.8. The van der Waals surface area contributed by atoms with E-state index in [1.165, 1.54) is 11.0 Å². The first-order valence-electron chi connectivity index (χ1n) is 5.93. The highest BCUT2D eigenvalue weighted by atomic mass is 35.5. The second-order valence-corrected chi connectivity index (χ2v) is 5.14. The molecule has 0 N–H and O–H groups in total. The molecule has 0 aliphatic carbocycles. The Balaban J connectivity index is 2.21. The van der Waals surface area contributed by atoms with Crippen LogP contribution in [0.4, 0.5) is 4.39 Å². The summed E-state index contributed by atoms with van der Waals surface area (Å²) in [5, 5.41) is 0.524. The average molecular weight is 312 g/mol. The molecule has 2 nitrogen and oxygen atoms in total. The van der Waals surface area contributed by atoms with E-state index in [0.29, 0.717) is 16.1 Å². The van der Waals surface area contributed by atoms with Gasteiger partial charge in [-0.1, -0.05) is 47.5 Å². The number of carbonyl (C=O) groups is 1. The van der Waals surface area contributed by atoms with Crippen LogP contribution in [-0.2, 0) is 6.54 Å². The molecule has 0 saturated carbocycles. The zero-order valence-electron chi connectivity index (χ0n) is 10.7. The number of carbonyl (C=O) groups excluding carboxylic acids is 1. The molecule has 1 amide bonds. The van der Waals surface area contributed by atoms with Gasteiger partial charge in [0, 0.05) is 19.2 Å². The van der Waals surface area contributed by atoms with Gasteiger partial charge in [0.05, 0.1) is 15.6 Å². The molecule has 0 aliphatic heterocycles. The molecule has 0 radical (unpaired) electrons. The van der Waals surface area contributed by atoms with Crippen molar-refractivity contribution in [3.05, 3.63) is 69.5 Å². The van der Waals surface area contributed by atoms with Crippen molar-refractivity contribution in [3.8, 4) is 0 Å². The standard InChI is InChI=1S/C15H12Cl2FNO/c1-19(9-10-5-2-3-8-13(10)18)15(20)11-6-4-7-12(16)14(11)17/h2-8H,9H2,1H3. The van der Waals surface area contributed by atoms with Crippen LogP contribution in [-0.4, -0.2) is 17.9 Å². The van der Waals surface area contributed by atoms with Crippen molar-refractivity contribution in [1.29, 1.82) is 0 Å². The largest absolute Gasteiger partial charge is 0.337 e. The number of hydrogen-bond donors (Lipinski definition) is 0. The van der Waals surface area contributed by atoms with Gasteiger partial charge in [0.1, 0.15) is 5.82 Å². The minimum atomic E-state index is -0.343. The molecule has 0 aromatic heterocycles. The second-order valence-electron chi connectivity index (χ2n) is 4.35. The van der Waals surface area contributed by atoms with Gasteiger partial charge in [-0.15, -0.1) is 0 Å². The van der Waals surface area contributed by atoms with Crippen molar-refractivity contribution in [2.75, 3.05) is 7.05 Å². The van der Waals surface area contributed by atoms with E-state index in [2.05, 4.69) is 0 Å². The fraction of sp³-hybridized carbons (Fsp3) is 0.133. The molecule has 0 saturated heterocycles. The summed E-state index contributed by atoms with van der Waals surface area (Å²) < 4.78 is 13.6. The lowest BCUT2D eigenvalue weighted by Crippen LogP contribution is -2.26. The Kier molecular flexibility index (Phi) is 4.63. The summed E-state index contributed by atoms with van der Waals surface area (Å²) in [6.45, 7) is 0.161. The Hall–Kier alpha value is -1.58. The number of hydrogen-bond acceptors (Lipinski definition) is 1. The molecule has 0 spiro atoms. The van der Waals surface area contributed by atoms with Gasteiger partial charge < -0.3 is 4.90 Å². The van der Waals surface area contributed by atoms with Crippen molar-refractivity contribution >= 4 is 29.1 Å². The third kappa shape index (κ3) is 3.11. The summed E-state index contributed by atoms with van der Waals surface area (Å²) in [5.74, 6) is -0.648. The van der Waals surface area contributed by atoms with E-state index in [4.69, 9.17) is 23.2 Å². The normalized spacial score (nSPS) is 10.4. The summed E-state index contributed by atoms with van der Waals surface area (Å²) >= 11 is 11.9. The molecule has 0 atom stereocenters. The van der Waals surface area contributed by atoms with Crippen LogP contribution < -0.4 is 0 Å². The maximum Gasteiger partial charge on any atom is 0.255 e. The van der Waals surface area contributed by atoms with Crippen LogP contribution in [0.1, 0.15) is 15.9 Å². The third-order valence-electron chi connectivity index (χ3n) is 2.89. The van der Waals surface area contributed by atoms with Crippen molar-refractivity contribution in [3.63, 3.8) is 0 Å². The lowest BCUT2D eigenvalue weighted by Gasteiger charge is -2.18. The van der Waals surface area contributed by atoms with Crippen molar-refractivity contribution in [2.45, 2.75) is 6.54 Å². The first-order valence-corrected chi connectivity index (χ1v) is 6.69. The summed E-state index contributed by atoms with van der Waals surface area (Å²) in [4.78, 5) is 13.7. The number of benzene rings is 2. The number of amides is 1. The Morgan fingerprint density at radius 1 is 1.15 bits per heavy atom. The maximum absolute atomic E-state index is 13.6. The van der Waals surface area contributed by atoms with Crippen LogP contribution in [0.5, 0.6) is 0 Å². The fourth-order valence-corrected chi connectivity index (χ4v) is 2.21. The summed E-state index contributed by atoms with van der Waals surface area (Å²) in [5.41, 5.74) is 0.750. The van der Waals surface area contributed by atoms with Crippen LogP contribution in [0.25, 0.3) is 0 Å². The molecule has 2 rings (SSSR count). The lowest BCUT2D eigenvalue weighted by molar-refractivity contribution is 0.0784. The van der Waals surface area contributed by atoms with E-state index in [9.17, 15) is 9.18 Å². The second kappa shape index (κ2) is 6.25. The third-order valence-corrected chi connectivity index (χ3v) is 3.71. The molecule has 0 heterocycles. The monoisotopic (exact) mass is 311 g/mol. The zero-order valence-corrected chi connectivity index (χ0v) is 12.2. The van der Waals surface area contributed by atoms with Crippen LogP contribution in [0.2, 0.25) is 10.0 Å². The molecule has 2 aromatic rings. The van der Waals surface area contributed by atoms with Gasteiger partial charge >= 0.3 is 0 Å². The van der Waals surface area contributed by atoms with Gasteiger partial charge in [-0.25, -0.2) is 4.39 Å². The van der Waals surface area contributed by atoms with Gasteiger partial charge in [0.2, 0.25) is 0 Å². The van der Waals surface area contributed by atoms with Gasteiger partial charge in [-0.2, -0.15) is 0 Å². The molecule has 0 unspecified atom stereocenters. The maximum atomic E-state index is 13.6. The fourth-order valence-electron chi connectivity index (χ4n) is 1.83. The number of nitrogens with zero attached hydrogens (tertiary/aromatic N) is 1. The highest BCUT2D eigenvalue weighted by Gasteiger charge is 2.17. The minimum absolute atomic E-state index is 0.161. The predicted octanol–water partition coefficient (Wildman–Crippen LogP) is 4.40. The van der Waals surface area contributed by atoms with Gasteiger partial charge in [-0.3, -0.25) is 4.79 Å². The van der Waals surface area contributed by atoms with E-state index in [-0.39, 0.29) is 23.3 Å². The topological polar surface area (TPSA) is 20.3 Å². The molecule has 20 heavy (non-hydrogen) atoms. The van der Waals surface area contributed by atoms with Crippen LogP contribution >= 0.6 is 23.2 Å². The molecule has 0 bridgehead atoms. The minimum Gasteiger partial charge on any atom is -0.337 e. The first-order chi connectivity index (χ1) is 9.50. The Bertz CT molecular complexity index is 646. The molecule has 104 valence electrons. The van der Waals surface area contributed by atoms with E-state index in [0.717, 1.165) is 0 Å². The molecule has 0 aliphatic rings. The molecule has 0 fully saturated rings. The van der Waals surface area contributed by atoms with E-state index in [1.807, 2.05) is 0 Å². The Morgan fingerprint density at radius 3 is 2.55 bits per heavy atom. The van der Waals surface area contributed by atoms with Gasteiger partial charge in [0.15, 0.2) is 0 Å². The number of halogens is 3. The Labute approximate surface area is 126 Å². The van der Waals surface area contributed by atoms with E-state index in [1.54, 1.807) is 43.4 Å².